The minimum Gasteiger partial charge on any atom is -0.358 e. The first kappa shape index (κ1) is 15.5. The van der Waals surface area contributed by atoms with Crippen LogP contribution in [0.5, 0.6) is 0 Å². The third kappa shape index (κ3) is 7.08. The Morgan fingerprint density at radius 1 is 1.38 bits per heavy atom. The molecular formula is C10H17CrNP-. The van der Waals surface area contributed by atoms with Gasteiger partial charge in [0.25, 0.3) is 0 Å². The Bertz CT molecular complexity index is 234. The molecule has 0 aromatic carbocycles. The van der Waals surface area contributed by atoms with E-state index >= 15 is 0 Å². The third-order valence-electron chi connectivity index (χ3n) is 1.21. The summed E-state index contributed by atoms with van der Waals surface area (Å²) in [7, 11) is 0.817. The first-order chi connectivity index (χ1) is 5.08. The normalized spacial score (nSPS) is 11.3. The number of nitrogens with zero attached hydrogens (tertiary/aromatic N) is 1. The van der Waals surface area contributed by atoms with E-state index in [4.69, 9.17) is 0 Å². The quantitative estimate of drug-likeness (QED) is 0.521. The van der Waals surface area contributed by atoms with E-state index < -0.39 is 0 Å². The molecule has 13 heavy (non-hydrogen) atoms. The summed E-state index contributed by atoms with van der Waals surface area (Å²) in [5, 5.41) is 1.33. The molecule has 0 aliphatic rings. The molecule has 1 unspecified atom stereocenters. The van der Waals surface area contributed by atoms with Crippen LogP contribution in [-0.2, 0) is 17.4 Å². The van der Waals surface area contributed by atoms with Gasteiger partial charge in [-0.05, 0) is 32.6 Å². The zero-order valence-electron chi connectivity index (χ0n) is 8.66. The zero-order chi connectivity index (χ0) is 8.32. The molecule has 74 valence electrons. The molecule has 0 fully saturated rings. The molecule has 1 aromatic rings. The van der Waals surface area contributed by atoms with E-state index in [0.29, 0.717) is 0 Å². The van der Waals surface area contributed by atoms with Gasteiger partial charge in [-0.25, -0.2) is 0 Å². The largest absolute Gasteiger partial charge is 0.358 e. The predicted molar refractivity (Wildman–Crippen MR) is 59.7 cm³/mol. The van der Waals surface area contributed by atoms with Gasteiger partial charge in [0, 0.05) is 28.9 Å². The van der Waals surface area contributed by atoms with Gasteiger partial charge in [0.1, 0.15) is 0 Å². The van der Waals surface area contributed by atoms with Gasteiger partial charge in [-0.3, -0.25) is 4.99 Å². The predicted octanol–water partition coefficient (Wildman–Crippen LogP) is 3.38. The topological polar surface area (TPSA) is 12.4 Å². The van der Waals surface area contributed by atoms with E-state index in [1.54, 1.807) is 0 Å². The molecule has 0 saturated carbocycles. The van der Waals surface area contributed by atoms with Crippen molar-refractivity contribution in [2.75, 3.05) is 0 Å². The molecule has 0 bridgehead atoms. The minimum absolute atomic E-state index is 0. The zero-order valence-corrected chi connectivity index (χ0v) is 10.9. The van der Waals surface area contributed by atoms with Crippen molar-refractivity contribution >= 4 is 14.4 Å². The van der Waals surface area contributed by atoms with Gasteiger partial charge in [-0.15, -0.1) is 8.19 Å². The van der Waals surface area contributed by atoms with Gasteiger partial charge < -0.3 is 7.43 Å². The molecule has 1 heterocycles. The molecule has 0 amide bonds. The molecule has 1 rings (SSSR count). The SMILES string of the molecule is CC(C)(C)N=Cc1ccc[pH]1.[CH3-].[Cr]. The van der Waals surface area contributed by atoms with Crippen LogP contribution in [0.25, 0.3) is 0 Å². The summed E-state index contributed by atoms with van der Waals surface area (Å²) in [6.45, 7) is 6.32. The Labute approximate surface area is 93.9 Å². The van der Waals surface area contributed by atoms with Crippen molar-refractivity contribution in [1.82, 2.24) is 0 Å². The average molecular weight is 234 g/mol. The molecule has 1 nitrogen and oxygen atoms in total. The first-order valence-corrected chi connectivity index (χ1v) is 4.84. The molecular weight excluding hydrogens is 217 g/mol. The maximum absolute atomic E-state index is 4.41. The smallest absolute Gasteiger partial charge is 0.0524 e. The van der Waals surface area contributed by atoms with E-state index in [-0.39, 0.29) is 30.3 Å². The van der Waals surface area contributed by atoms with Crippen LogP contribution in [0.15, 0.2) is 22.9 Å². The minimum atomic E-state index is 0. The molecule has 0 aliphatic carbocycles. The number of rotatable bonds is 1. The summed E-state index contributed by atoms with van der Waals surface area (Å²) in [5.41, 5.74) is 0.0634. The van der Waals surface area contributed by atoms with Crippen molar-refractivity contribution in [3.8, 4) is 0 Å². The van der Waals surface area contributed by atoms with Gasteiger partial charge in [-0.1, -0.05) is 6.07 Å². The summed E-state index contributed by atoms with van der Waals surface area (Å²) in [4.78, 5) is 4.41. The number of aliphatic imine (C=N–C) groups is 1. The Kier molecular flexibility index (Phi) is 7.65. The maximum atomic E-state index is 4.41. The van der Waals surface area contributed by atoms with Crippen molar-refractivity contribution in [2.45, 2.75) is 26.3 Å². The summed E-state index contributed by atoms with van der Waals surface area (Å²) in [6.07, 6.45) is 1.98. The summed E-state index contributed by atoms with van der Waals surface area (Å²) in [5.74, 6) is 2.17. The maximum Gasteiger partial charge on any atom is 0.0524 e. The van der Waals surface area contributed by atoms with Crippen molar-refractivity contribution < 1.29 is 17.4 Å². The molecule has 3 heteroatoms. The first-order valence-electron chi connectivity index (χ1n) is 3.76. The third-order valence-corrected chi connectivity index (χ3v) is 2.20. The van der Waals surface area contributed by atoms with Crippen molar-refractivity contribution in [2.24, 2.45) is 4.99 Å². The Balaban J connectivity index is 0. The summed E-state index contributed by atoms with van der Waals surface area (Å²) < 4.78 is 0. The van der Waals surface area contributed by atoms with E-state index in [1.807, 2.05) is 6.21 Å². The van der Waals surface area contributed by atoms with Crippen molar-refractivity contribution in [3.63, 3.8) is 0 Å². The molecule has 0 radical (unpaired) electrons. The van der Waals surface area contributed by atoms with Gasteiger partial charge in [0.2, 0.25) is 0 Å². The van der Waals surface area contributed by atoms with Crippen LogP contribution in [0.2, 0.25) is 0 Å². The van der Waals surface area contributed by atoms with Crippen LogP contribution < -0.4 is 0 Å². The van der Waals surface area contributed by atoms with E-state index in [2.05, 4.69) is 43.7 Å². The Morgan fingerprint density at radius 3 is 2.38 bits per heavy atom. The fourth-order valence-corrected chi connectivity index (χ4v) is 1.40. The van der Waals surface area contributed by atoms with Crippen LogP contribution in [-0.4, -0.2) is 11.8 Å². The van der Waals surface area contributed by atoms with E-state index in [1.165, 1.54) is 5.30 Å². The molecule has 0 spiro atoms. The molecule has 1 aromatic heterocycles. The van der Waals surface area contributed by atoms with Crippen molar-refractivity contribution in [3.05, 3.63) is 30.7 Å². The van der Waals surface area contributed by atoms with Crippen LogP contribution in [0.1, 0.15) is 26.1 Å². The molecule has 0 N–H and O–H groups in total. The fourth-order valence-electron chi connectivity index (χ4n) is 0.688. The van der Waals surface area contributed by atoms with Crippen LogP contribution >= 0.6 is 8.19 Å². The second-order valence-electron chi connectivity index (χ2n) is 3.55. The van der Waals surface area contributed by atoms with Gasteiger partial charge in [0.05, 0.1) is 5.54 Å². The van der Waals surface area contributed by atoms with Gasteiger partial charge >= 0.3 is 0 Å². The molecule has 0 aliphatic heterocycles. The van der Waals surface area contributed by atoms with Crippen LogP contribution in [0, 0.1) is 7.43 Å². The summed E-state index contributed by atoms with van der Waals surface area (Å²) in [6, 6.07) is 4.20. The fraction of sp³-hybridized carbons (Fsp3) is 0.400. The Morgan fingerprint density at radius 2 is 2.00 bits per heavy atom. The van der Waals surface area contributed by atoms with Crippen LogP contribution in [0.3, 0.4) is 0 Å². The standard InChI is InChI=1S/C9H14NP.CH3.Cr/c1-9(2,3)10-7-8-5-4-6-11-8;;/h4-7,11H,1-3H3;1H3;/q;-1;. The average Bonchev–Trinajstić information content (AvgIpc) is 2.32. The number of hydrogen-bond acceptors (Lipinski definition) is 1. The summed E-state index contributed by atoms with van der Waals surface area (Å²) >= 11 is 0. The molecule has 1 atom stereocenters. The van der Waals surface area contributed by atoms with Crippen molar-refractivity contribution in [1.29, 1.82) is 0 Å². The second kappa shape index (κ2) is 6.44. The van der Waals surface area contributed by atoms with Gasteiger partial charge in [0.15, 0.2) is 0 Å². The van der Waals surface area contributed by atoms with Crippen LogP contribution in [0.4, 0.5) is 0 Å². The van der Waals surface area contributed by atoms with Gasteiger partial charge in [-0.2, -0.15) is 0 Å². The monoisotopic (exact) mass is 234 g/mol. The second-order valence-corrected chi connectivity index (χ2v) is 4.75. The Hall–Kier alpha value is -0.0175. The van der Waals surface area contributed by atoms with E-state index in [9.17, 15) is 0 Å². The molecule has 0 saturated heterocycles. The van der Waals surface area contributed by atoms with E-state index in [0.717, 1.165) is 8.19 Å². The number of hydrogen-bond donors (Lipinski definition) is 0.